The number of aryl methyl sites for hydroxylation is 1. The maximum Gasteiger partial charge on any atom is 0.231 e. The number of hydrogen-bond acceptors (Lipinski definition) is 3. The topological polar surface area (TPSA) is 35.5 Å². The summed E-state index contributed by atoms with van der Waals surface area (Å²) in [6.45, 7) is 11.2. The molecule has 3 rings (SSSR count). The van der Waals surface area contributed by atoms with Gasteiger partial charge in [0.1, 0.15) is 5.78 Å². The molecule has 1 aliphatic carbocycles. The van der Waals surface area contributed by atoms with E-state index in [1.54, 1.807) is 0 Å². The third-order valence-electron chi connectivity index (χ3n) is 5.57. The first-order chi connectivity index (χ1) is 11.4. The van der Waals surface area contributed by atoms with E-state index in [1.165, 1.54) is 11.1 Å². The van der Waals surface area contributed by atoms with Gasteiger partial charge in [-0.2, -0.15) is 0 Å². The van der Waals surface area contributed by atoms with Gasteiger partial charge in [-0.3, -0.25) is 4.79 Å². The van der Waals surface area contributed by atoms with Crippen molar-refractivity contribution in [1.82, 2.24) is 0 Å². The van der Waals surface area contributed by atoms with Gasteiger partial charge in [0, 0.05) is 18.4 Å². The van der Waals surface area contributed by atoms with Gasteiger partial charge in [-0.1, -0.05) is 33.8 Å². The van der Waals surface area contributed by atoms with Crippen molar-refractivity contribution in [3.8, 4) is 11.5 Å². The van der Waals surface area contributed by atoms with E-state index in [0.29, 0.717) is 49.1 Å². The lowest BCUT2D eigenvalue weighted by atomic mass is 9.70. The lowest BCUT2D eigenvalue weighted by molar-refractivity contribution is -0.120. The number of Topliss-reactive ketones (excluding diaryl/α,β-unsaturated/α-hetero) is 1. The lowest BCUT2D eigenvalue weighted by Crippen LogP contribution is -2.21. The summed E-state index contributed by atoms with van der Waals surface area (Å²) in [7, 11) is 0. The smallest absolute Gasteiger partial charge is 0.231 e. The zero-order valence-electron chi connectivity index (χ0n) is 15.6. The fourth-order valence-electron chi connectivity index (χ4n) is 4.45. The van der Waals surface area contributed by atoms with Gasteiger partial charge in [0.2, 0.25) is 6.79 Å². The Morgan fingerprint density at radius 3 is 2.58 bits per heavy atom. The molecule has 0 bridgehead atoms. The van der Waals surface area contributed by atoms with Crippen LogP contribution in [0.15, 0.2) is 6.07 Å². The summed E-state index contributed by atoms with van der Waals surface area (Å²) in [5.41, 5.74) is 3.87. The Labute approximate surface area is 145 Å². The zero-order chi connectivity index (χ0) is 17.4. The van der Waals surface area contributed by atoms with Crippen LogP contribution in [0.5, 0.6) is 11.5 Å². The van der Waals surface area contributed by atoms with Crippen molar-refractivity contribution in [2.75, 3.05) is 6.79 Å². The second-order valence-corrected chi connectivity index (χ2v) is 8.16. The Bertz CT molecular complexity index is 632. The molecule has 0 aromatic heterocycles. The van der Waals surface area contributed by atoms with Crippen LogP contribution in [0.25, 0.3) is 0 Å². The maximum atomic E-state index is 12.3. The molecule has 2 aliphatic rings. The molecule has 3 atom stereocenters. The van der Waals surface area contributed by atoms with Crippen molar-refractivity contribution in [2.24, 2.45) is 11.8 Å². The van der Waals surface area contributed by atoms with Crippen LogP contribution in [-0.4, -0.2) is 12.6 Å². The largest absolute Gasteiger partial charge is 0.453 e. The minimum Gasteiger partial charge on any atom is -0.453 e. The first-order valence-electron chi connectivity index (χ1n) is 9.33. The molecule has 0 radical (unpaired) electrons. The SMILES string of the molecule is Cc1cc2c(c3c1OCO3)C(C)CCC2C(C)CC(=O)CC(C)C. The summed E-state index contributed by atoms with van der Waals surface area (Å²) >= 11 is 0. The van der Waals surface area contributed by atoms with Gasteiger partial charge in [0.15, 0.2) is 11.5 Å². The quantitative estimate of drug-likeness (QED) is 0.730. The first kappa shape index (κ1) is 17.3. The average molecular weight is 330 g/mol. The van der Waals surface area contributed by atoms with Crippen molar-refractivity contribution in [3.05, 3.63) is 22.8 Å². The van der Waals surface area contributed by atoms with Crippen LogP contribution >= 0.6 is 0 Å². The Morgan fingerprint density at radius 2 is 1.88 bits per heavy atom. The molecule has 0 amide bonds. The van der Waals surface area contributed by atoms with E-state index in [-0.39, 0.29) is 0 Å². The second kappa shape index (κ2) is 6.78. The van der Waals surface area contributed by atoms with E-state index in [9.17, 15) is 4.79 Å². The molecular weight excluding hydrogens is 300 g/mol. The summed E-state index contributed by atoms with van der Waals surface area (Å²) in [5, 5.41) is 0. The van der Waals surface area contributed by atoms with E-state index >= 15 is 0 Å². The summed E-state index contributed by atoms with van der Waals surface area (Å²) in [5.74, 6) is 4.04. The molecule has 132 valence electrons. The molecule has 0 N–H and O–H groups in total. The molecule has 0 fully saturated rings. The Morgan fingerprint density at radius 1 is 1.17 bits per heavy atom. The Hall–Kier alpha value is -1.51. The van der Waals surface area contributed by atoms with Gasteiger partial charge in [0.25, 0.3) is 0 Å². The van der Waals surface area contributed by atoms with Gasteiger partial charge < -0.3 is 9.47 Å². The fraction of sp³-hybridized carbons (Fsp3) is 0.667. The minimum absolute atomic E-state index is 0.326. The van der Waals surface area contributed by atoms with E-state index in [1.807, 2.05) is 0 Å². The molecule has 3 nitrogen and oxygen atoms in total. The molecule has 0 saturated carbocycles. The number of fused-ring (bicyclic) bond motifs is 3. The zero-order valence-corrected chi connectivity index (χ0v) is 15.6. The molecule has 24 heavy (non-hydrogen) atoms. The first-order valence-corrected chi connectivity index (χ1v) is 9.33. The van der Waals surface area contributed by atoms with Gasteiger partial charge in [-0.05, 0) is 54.6 Å². The third kappa shape index (κ3) is 3.18. The summed E-state index contributed by atoms with van der Waals surface area (Å²) < 4.78 is 11.5. The summed E-state index contributed by atoms with van der Waals surface area (Å²) in [6, 6.07) is 2.28. The van der Waals surface area contributed by atoms with Crippen LogP contribution in [0.1, 0.15) is 81.9 Å². The monoisotopic (exact) mass is 330 g/mol. The van der Waals surface area contributed by atoms with Crippen LogP contribution in [0.3, 0.4) is 0 Å². The number of carbonyl (C=O) groups is 1. The summed E-state index contributed by atoms with van der Waals surface area (Å²) in [6.07, 6.45) is 3.69. The van der Waals surface area contributed by atoms with Crippen molar-refractivity contribution in [3.63, 3.8) is 0 Å². The fourth-order valence-corrected chi connectivity index (χ4v) is 4.45. The molecule has 3 heteroatoms. The number of rotatable bonds is 5. The molecule has 0 spiro atoms. The Kier molecular flexibility index (Phi) is 4.89. The molecule has 1 aromatic carbocycles. The number of carbonyl (C=O) groups excluding carboxylic acids is 1. The predicted octanol–water partition coefficient (Wildman–Crippen LogP) is 5.35. The van der Waals surface area contributed by atoms with Crippen molar-refractivity contribution in [2.45, 2.75) is 72.1 Å². The third-order valence-corrected chi connectivity index (χ3v) is 5.57. The Balaban J connectivity index is 1.89. The lowest BCUT2D eigenvalue weighted by Gasteiger charge is -2.34. The molecule has 0 saturated heterocycles. The van der Waals surface area contributed by atoms with E-state index in [0.717, 1.165) is 29.9 Å². The molecule has 1 aromatic rings. The predicted molar refractivity (Wildman–Crippen MR) is 95.9 cm³/mol. The van der Waals surface area contributed by atoms with Gasteiger partial charge in [-0.15, -0.1) is 0 Å². The van der Waals surface area contributed by atoms with Crippen molar-refractivity contribution >= 4 is 5.78 Å². The van der Waals surface area contributed by atoms with Gasteiger partial charge in [-0.25, -0.2) is 0 Å². The van der Waals surface area contributed by atoms with Gasteiger partial charge in [0.05, 0.1) is 0 Å². The molecular formula is C21H30O3. The van der Waals surface area contributed by atoms with Crippen molar-refractivity contribution < 1.29 is 14.3 Å². The van der Waals surface area contributed by atoms with Crippen LogP contribution in [0.4, 0.5) is 0 Å². The summed E-state index contributed by atoms with van der Waals surface area (Å²) in [4.78, 5) is 12.3. The molecule has 1 heterocycles. The maximum absolute atomic E-state index is 12.3. The molecule has 3 unspecified atom stereocenters. The van der Waals surface area contributed by atoms with Gasteiger partial charge >= 0.3 is 0 Å². The highest BCUT2D eigenvalue weighted by Crippen LogP contribution is 2.52. The number of hydrogen-bond donors (Lipinski definition) is 0. The van der Waals surface area contributed by atoms with E-state index in [2.05, 4.69) is 40.7 Å². The minimum atomic E-state index is 0.326. The van der Waals surface area contributed by atoms with E-state index in [4.69, 9.17) is 9.47 Å². The highest BCUT2D eigenvalue weighted by atomic mass is 16.7. The van der Waals surface area contributed by atoms with Crippen LogP contribution in [-0.2, 0) is 4.79 Å². The van der Waals surface area contributed by atoms with Crippen LogP contribution < -0.4 is 9.47 Å². The van der Waals surface area contributed by atoms with Crippen LogP contribution in [0.2, 0.25) is 0 Å². The van der Waals surface area contributed by atoms with Crippen molar-refractivity contribution in [1.29, 1.82) is 0 Å². The van der Waals surface area contributed by atoms with E-state index < -0.39 is 0 Å². The number of benzene rings is 1. The molecule has 1 aliphatic heterocycles. The highest BCUT2D eigenvalue weighted by molar-refractivity contribution is 5.79. The average Bonchev–Trinajstić information content (AvgIpc) is 2.96. The normalized spacial score (nSPS) is 23.2. The van der Waals surface area contributed by atoms with Crippen LogP contribution in [0, 0.1) is 18.8 Å². The number of ketones is 1. The standard InChI is InChI=1S/C21H30O3/c1-12(2)8-16(22)9-14(4)17-7-6-13(3)19-18(17)10-15(5)20-21(19)24-11-23-20/h10,12-14,17H,6-9,11H2,1-5H3. The second-order valence-electron chi connectivity index (χ2n) is 8.16. The number of ether oxygens (including phenoxy) is 2. The highest BCUT2D eigenvalue weighted by Gasteiger charge is 2.35.